The summed E-state index contributed by atoms with van der Waals surface area (Å²) in [6.45, 7) is 11.4. The Labute approximate surface area is 204 Å². The van der Waals surface area contributed by atoms with Crippen molar-refractivity contribution in [2.24, 2.45) is 5.92 Å². The van der Waals surface area contributed by atoms with Gasteiger partial charge in [-0.15, -0.1) is 0 Å². The van der Waals surface area contributed by atoms with Crippen LogP contribution in [0, 0.1) is 19.8 Å². The van der Waals surface area contributed by atoms with Crippen molar-refractivity contribution < 1.29 is 4.79 Å². The fraction of sp³-hybridized carbons (Fsp3) is 0.407. The molecule has 1 aromatic carbocycles. The average Bonchev–Trinajstić information content (AvgIpc) is 3.36. The smallest absolute Gasteiger partial charge is 0.333 e. The Hall–Kier alpha value is -3.68. The Morgan fingerprint density at radius 3 is 2.40 bits per heavy atom. The van der Waals surface area contributed by atoms with Crippen molar-refractivity contribution in [1.82, 2.24) is 23.3 Å². The van der Waals surface area contributed by atoms with E-state index in [-0.39, 0.29) is 24.8 Å². The van der Waals surface area contributed by atoms with Crippen LogP contribution < -0.4 is 11.2 Å². The lowest BCUT2D eigenvalue weighted by Crippen LogP contribution is -2.42. The third-order valence-corrected chi connectivity index (χ3v) is 6.35. The van der Waals surface area contributed by atoms with Crippen molar-refractivity contribution in [3.8, 4) is 0 Å². The highest BCUT2D eigenvalue weighted by molar-refractivity contribution is 5.97. The van der Waals surface area contributed by atoms with Crippen LogP contribution in [0.25, 0.3) is 11.2 Å². The molecule has 8 nitrogen and oxygen atoms in total. The molecule has 0 spiro atoms. The highest BCUT2D eigenvalue weighted by Gasteiger charge is 2.22. The van der Waals surface area contributed by atoms with Gasteiger partial charge in [-0.2, -0.15) is 0 Å². The largest absolute Gasteiger partial charge is 0.348 e. The number of carbonyl (C=O) groups excluding carboxylic acids is 1. The van der Waals surface area contributed by atoms with E-state index in [9.17, 15) is 14.4 Å². The standard InChI is InChI=1S/C27H33N5O3/c1-6-12-30-19(4)13-22(20(30)5)23(33)16-32-26(34)24-25(28-17-29(24)14-18(2)3)31(27(32)35)15-21-10-8-7-9-11-21/h7-11,13,17-18H,6,12,14-16H2,1-5H3. The maximum atomic E-state index is 13.6. The molecule has 3 heterocycles. The van der Waals surface area contributed by atoms with E-state index in [1.54, 1.807) is 10.9 Å². The van der Waals surface area contributed by atoms with E-state index in [2.05, 4.69) is 30.3 Å². The highest BCUT2D eigenvalue weighted by Crippen LogP contribution is 2.17. The van der Waals surface area contributed by atoms with E-state index in [0.29, 0.717) is 23.3 Å². The van der Waals surface area contributed by atoms with E-state index in [1.165, 1.54) is 4.57 Å². The minimum atomic E-state index is -0.531. The molecule has 0 radical (unpaired) electrons. The van der Waals surface area contributed by atoms with E-state index in [1.807, 2.05) is 50.2 Å². The number of carbonyl (C=O) groups is 1. The summed E-state index contributed by atoms with van der Waals surface area (Å²) in [4.78, 5) is 45.0. The Bertz CT molecular complexity index is 1490. The lowest BCUT2D eigenvalue weighted by atomic mass is 10.1. The van der Waals surface area contributed by atoms with Crippen molar-refractivity contribution in [3.05, 3.63) is 86.1 Å². The third-order valence-electron chi connectivity index (χ3n) is 6.35. The lowest BCUT2D eigenvalue weighted by molar-refractivity contribution is 0.0968. The molecule has 0 amide bonds. The van der Waals surface area contributed by atoms with Crippen LogP contribution in [0.4, 0.5) is 0 Å². The summed E-state index contributed by atoms with van der Waals surface area (Å²) < 4.78 is 6.45. The summed E-state index contributed by atoms with van der Waals surface area (Å²) in [6, 6.07) is 11.4. The van der Waals surface area contributed by atoms with Crippen LogP contribution in [-0.2, 0) is 26.2 Å². The minimum absolute atomic E-state index is 0.250. The molecule has 0 fully saturated rings. The third kappa shape index (κ3) is 4.65. The maximum absolute atomic E-state index is 13.6. The summed E-state index contributed by atoms with van der Waals surface area (Å²) in [5, 5.41) is 0. The first kappa shape index (κ1) is 24.4. The highest BCUT2D eigenvalue weighted by atomic mass is 16.2. The number of imidazole rings is 1. The number of nitrogens with zero attached hydrogens (tertiary/aromatic N) is 5. The fourth-order valence-corrected chi connectivity index (χ4v) is 4.70. The average molecular weight is 476 g/mol. The monoisotopic (exact) mass is 475 g/mol. The van der Waals surface area contributed by atoms with Crippen molar-refractivity contribution in [3.63, 3.8) is 0 Å². The number of hydrogen-bond donors (Lipinski definition) is 0. The number of Topliss-reactive ketones (excluding diaryl/α,β-unsaturated/α-hetero) is 1. The number of fused-ring (bicyclic) bond motifs is 1. The first-order valence-electron chi connectivity index (χ1n) is 12.1. The van der Waals surface area contributed by atoms with E-state index in [0.717, 1.165) is 34.5 Å². The second kappa shape index (κ2) is 9.90. The van der Waals surface area contributed by atoms with E-state index < -0.39 is 11.2 Å². The molecule has 4 aromatic rings. The van der Waals surface area contributed by atoms with E-state index in [4.69, 9.17) is 0 Å². The predicted octanol–water partition coefficient (Wildman–Crippen LogP) is 3.78. The van der Waals surface area contributed by atoms with Gasteiger partial charge in [-0.1, -0.05) is 51.1 Å². The first-order valence-corrected chi connectivity index (χ1v) is 12.1. The van der Waals surface area contributed by atoms with Crippen molar-refractivity contribution in [2.75, 3.05) is 0 Å². The Morgan fingerprint density at radius 2 is 1.74 bits per heavy atom. The Balaban J connectivity index is 1.86. The molecule has 4 rings (SSSR count). The number of hydrogen-bond acceptors (Lipinski definition) is 4. The van der Waals surface area contributed by atoms with Gasteiger partial charge in [-0.3, -0.25) is 18.7 Å². The minimum Gasteiger partial charge on any atom is -0.348 e. The molecule has 35 heavy (non-hydrogen) atoms. The molecule has 0 N–H and O–H groups in total. The van der Waals surface area contributed by atoms with Crippen LogP contribution in [0.3, 0.4) is 0 Å². The summed E-state index contributed by atoms with van der Waals surface area (Å²) in [5.74, 6) is 0.0283. The van der Waals surface area contributed by atoms with Gasteiger partial charge in [0.1, 0.15) is 0 Å². The number of rotatable bonds is 9. The maximum Gasteiger partial charge on any atom is 0.333 e. The SMILES string of the molecule is CCCn1c(C)cc(C(=O)Cn2c(=O)c3c(ncn3CC(C)C)n(Cc3ccccc3)c2=O)c1C. The first-order chi connectivity index (χ1) is 16.7. The van der Waals surface area contributed by atoms with Crippen LogP contribution in [0.1, 0.15) is 54.5 Å². The molecule has 0 saturated carbocycles. The van der Waals surface area contributed by atoms with Gasteiger partial charge in [0.2, 0.25) is 0 Å². The number of ketones is 1. The zero-order valence-electron chi connectivity index (χ0n) is 21.1. The van der Waals surface area contributed by atoms with Crippen LogP contribution in [-0.4, -0.2) is 29.0 Å². The second-order valence-corrected chi connectivity index (χ2v) is 9.57. The predicted molar refractivity (Wildman–Crippen MR) is 137 cm³/mol. The van der Waals surface area contributed by atoms with Gasteiger partial charge >= 0.3 is 5.69 Å². The van der Waals surface area contributed by atoms with Gasteiger partial charge in [0.15, 0.2) is 16.9 Å². The fourth-order valence-electron chi connectivity index (χ4n) is 4.70. The van der Waals surface area contributed by atoms with Crippen molar-refractivity contribution in [1.29, 1.82) is 0 Å². The molecule has 0 atom stereocenters. The van der Waals surface area contributed by atoms with Crippen LogP contribution >= 0.6 is 0 Å². The quantitative estimate of drug-likeness (QED) is 0.345. The van der Waals surface area contributed by atoms with Crippen molar-refractivity contribution >= 4 is 16.9 Å². The molecule has 8 heteroatoms. The van der Waals surface area contributed by atoms with Gasteiger partial charge in [-0.05, 0) is 37.8 Å². The molecule has 0 aliphatic rings. The van der Waals surface area contributed by atoms with E-state index >= 15 is 0 Å². The van der Waals surface area contributed by atoms with Gasteiger partial charge in [0.25, 0.3) is 5.56 Å². The molecule has 0 bridgehead atoms. The molecule has 184 valence electrons. The number of benzene rings is 1. The Morgan fingerprint density at radius 1 is 1.03 bits per heavy atom. The molecule has 0 aliphatic carbocycles. The second-order valence-electron chi connectivity index (χ2n) is 9.57. The lowest BCUT2D eigenvalue weighted by Gasteiger charge is -2.13. The van der Waals surface area contributed by atoms with Gasteiger partial charge in [0, 0.05) is 30.0 Å². The van der Waals surface area contributed by atoms with Gasteiger partial charge in [-0.25, -0.2) is 9.78 Å². The normalized spacial score (nSPS) is 11.6. The number of aromatic nitrogens is 5. The molecule has 0 aliphatic heterocycles. The Kier molecular flexibility index (Phi) is 6.91. The molecular formula is C27H33N5O3. The zero-order chi connectivity index (χ0) is 25.3. The summed E-state index contributed by atoms with van der Waals surface area (Å²) in [5.41, 5.74) is 2.99. The van der Waals surface area contributed by atoms with Crippen molar-refractivity contribution in [2.45, 2.75) is 67.2 Å². The number of aryl methyl sites for hydroxylation is 1. The topological polar surface area (TPSA) is 83.8 Å². The van der Waals surface area contributed by atoms with Gasteiger partial charge in [0.05, 0.1) is 19.4 Å². The molecule has 3 aromatic heterocycles. The van der Waals surface area contributed by atoms with Crippen LogP contribution in [0.15, 0.2) is 52.3 Å². The summed E-state index contributed by atoms with van der Waals surface area (Å²) in [7, 11) is 0. The van der Waals surface area contributed by atoms with Crippen LogP contribution in [0.5, 0.6) is 0 Å². The zero-order valence-corrected chi connectivity index (χ0v) is 21.1. The molecule has 0 unspecified atom stereocenters. The summed E-state index contributed by atoms with van der Waals surface area (Å²) >= 11 is 0. The van der Waals surface area contributed by atoms with Crippen LogP contribution in [0.2, 0.25) is 0 Å². The molecular weight excluding hydrogens is 442 g/mol. The van der Waals surface area contributed by atoms with Gasteiger partial charge < -0.3 is 9.13 Å². The molecule has 0 saturated heterocycles. The summed E-state index contributed by atoms with van der Waals surface area (Å²) in [6.07, 6.45) is 2.56.